The minimum absolute atomic E-state index is 0.0191. The average Bonchev–Trinajstić information content (AvgIpc) is 0.840. The molecule has 0 amide bonds. The SMILES string of the molecule is CC(C)(C)c1ccc(C#Cc2cc(C#Cc3ccc(C#Cc4cc(C#Cc5ccc(C#Cc6cc(C(C)(C)C)cc(C(C)(C)C)c6)cc5)cc(C#Cc5ccc(C(C)(C)C)cc5)c4)cc3)cc(C#Cc3ccc(C#Cc4cc(C(C)(C)C)cc(C(C)(C)C)c4)cc3)c2)cc1. The topological polar surface area (TPSA) is 0 Å². The monoisotopic (exact) mass is 1210 g/mol. The molecule has 0 heteroatoms. The molecule has 0 aliphatic rings. The van der Waals surface area contributed by atoms with Gasteiger partial charge in [0.1, 0.15) is 0 Å². The summed E-state index contributed by atoms with van der Waals surface area (Å²) in [6.45, 7) is 40.3. The highest BCUT2D eigenvalue weighted by atomic mass is 14.3. The maximum absolute atomic E-state index is 3.45. The largest absolute Gasteiger partial charge is 0.0617 e. The lowest BCUT2D eigenvalue weighted by Crippen LogP contribution is -2.16. The van der Waals surface area contributed by atoms with E-state index in [1.807, 2.05) is 109 Å². The van der Waals surface area contributed by atoms with Gasteiger partial charge in [0, 0.05) is 89.0 Å². The Morgan fingerprint density at radius 2 is 0.245 bits per heavy atom. The van der Waals surface area contributed by atoms with E-state index in [9.17, 15) is 0 Å². The van der Waals surface area contributed by atoms with Crippen molar-refractivity contribution in [2.75, 3.05) is 0 Å². The Hall–Kier alpha value is -10.5. The number of benzene rings is 9. The summed E-state index contributed by atoms with van der Waals surface area (Å²) in [5.41, 5.74) is 22.1. The van der Waals surface area contributed by atoms with E-state index in [4.69, 9.17) is 0 Å². The Kier molecular flexibility index (Phi) is 20.3. The summed E-state index contributed by atoms with van der Waals surface area (Å²) < 4.78 is 0. The summed E-state index contributed by atoms with van der Waals surface area (Å²) in [6, 6.07) is 67.1. The van der Waals surface area contributed by atoms with E-state index in [0.717, 1.165) is 89.0 Å². The summed E-state index contributed by atoms with van der Waals surface area (Å²) in [5, 5.41) is 0. The molecule has 0 radical (unpaired) electrons. The van der Waals surface area contributed by atoms with Gasteiger partial charge in [-0.05, 0) is 224 Å². The van der Waals surface area contributed by atoms with Crippen LogP contribution >= 0.6 is 0 Å². The molecular formula is C94H86. The Balaban J connectivity index is 0.968. The molecule has 9 rings (SSSR count). The van der Waals surface area contributed by atoms with Crippen LogP contribution in [-0.2, 0) is 32.5 Å². The summed E-state index contributed by atoms with van der Waals surface area (Å²) in [7, 11) is 0. The van der Waals surface area contributed by atoms with Gasteiger partial charge in [-0.25, -0.2) is 0 Å². The van der Waals surface area contributed by atoms with E-state index in [-0.39, 0.29) is 32.5 Å². The number of rotatable bonds is 0. The zero-order chi connectivity index (χ0) is 67.6. The first-order valence-electron chi connectivity index (χ1n) is 32.5. The third-order valence-electron chi connectivity index (χ3n) is 16.2. The van der Waals surface area contributed by atoms with Crippen LogP contribution in [0.1, 0.15) is 247 Å². The second-order valence-corrected chi connectivity index (χ2v) is 30.6. The normalized spacial score (nSPS) is 11.3. The second-order valence-electron chi connectivity index (χ2n) is 30.6. The lowest BCUT2D eigenvalue weighted by atomic mass is 9.79. The molecule has 0 heterocycles. The van der Waals surface area contributed by atoms with Crippen molar-refractivity contribution in [2.24, 2.45) is 0 Å². The van der Waals surface area contributed by atoms with Crippen molar-refractivity contribution in [1.29, 1.82) is 0 Å². The summed E-state index contributed by atoms with van der Waals surface area (Å²) in [5.74, 6) is 54.6. The molecule has 0 nitrogen and oxygen atoms in total. The summed E-state index contributed by atoms with van der Waals surface area (Å²) in [6.07, 6.45) is 0. The fraction of sp³-hybridized carbons (Fsp3) is 0.255. The fourth-order valence-electron chi connectivity index (χ4n) is 9.99. The zero-order valence-corrected chi connectivity index (χ0v) is 58.5. The molecular weight excluding hydrogens is 1130 g/mol. The molecule has 0 unspecified atom stereocenters. The summed E-state index contributed by atoms with van der Waals surface area (Å²) in [4.78, 5) is 0. The Morgan fingerprint density at radius 3 is 0.383 bits per heavy atom. The van der Waals surface area contributed by atoms with Crippen LogP contribution in [0, 0.1) is 94.7 Å². The molecule has 9 aromatic carbocycles. The molecule has 0 aromatic heterocycles. The molecule has 0 spiro atoms. The van der Waals surface area contributed by atoms with E-state index in [1.165, 1.54) is 33.4 Å². The predicted molar refractivity (Wildman–Crippen MR) is 398 cm³/mol. The molecule has 0 N–H and O–H groups in total. The van der Waals surface area contributed by atoms with Crippen molar-refractivity contribution in [2.45, 2.75) is 157 Å². The van der Waals surface area contributed by atoms with Crippen LogP contribution in [-0.4, -0.2) is 0 Å². The molecule has 0 aliphatic heterocycles. The van der Waals surface area contributed by atoms with Crippen molar-refractivity contribution < 1.29 is 0 Å². The summed E-state index contributed by atoms with van der Waals surface area (Å²) >= 11 is 0. The lowest BCUT2D eigenvalue weighted by Gasteiger charge is -2.25. The van der Waals surface area contributed by atoms with Crippen molar-refractivity contribution in [3.8, 4) is 94.7 Å². The van der Waals surface area contributed by atoms with Crippen LogP contribution in [0.2, 0.25) is 0 Å². The predicted octanol–water partition coefficient (Wildman–Crippen LogP) is 20.7. The third-order valence-corrected chi connectivity index (χ3v) is 16.2. The molecule has 0 bridgehead atoms. The van der Waals surface area contributed by atoms with Crippen LogP contribution < -0.4 is 0 Å². The Labute approximate surface area is 564 Å². The van der Waals surface area contributed by atoms with Crippen LogP contribution in [0.3, 0.4) is 0 Å². The van der Waals surface area contributed by atoms with Crippen molar-refractivity contribution in [3.63, 3.8) is 0 Å². The molecule has 9 aromatic rings. The first kappa shape index (κ1) is 67.8. The standard InChI is InChI=1S/C94H86/c1-89(2,3)83-51-47-73(48-52-83)35-43-79-57-75(55-77(59-79)41-33-69-23-27-71(28-24-69)37-45-81-61-85(91(7,8)9)65-86(62-81)92(10,11)12)39-31-67-19-21-68(22-20-67)32-40-76-56-78(60-80(58-76)44-36-74-49-53-84(54-50-74)90(4,5)6)42-34-70-25-29-72(30-26-70)38-46-82-63-87(93(13,14)15)66-88(64-82)94(16,17)18/h19-30,47-66H,1-18H3. The first-order valence-corrected chi connectivity index (χ1v) is 32.5. The van der Waals surface area contributed by atoms with Crippen LogP contribution in [0.4, 0.5) is 0 Å². The quantitative estimate of drug-likeness (QED) is 0.133. The molecule has 462 valence electrons. The number of hydrogen-bond donors (Lipinski definition) is 0. The van der Waals surface area contributed by atoms with Gasteiger partial charge in [-0.1, -0.05) is 256 Å². The highest BCUT2D eigenvalue weighted by molar-refractivity contribution is 5.60. The van der Waals surface area contributed by atoms with Gasteiger partial charge in [-0.15, -0.1) is 0 Å². The van der Waals surface area contributed by atoms with Gasteiger partial charge >= 0.3 is 0 Å². The molecule has 0 fully saturated rings. The van der Waals surface area contributed by atoms with Crippen molar-refractivity contribution in [3.05, 3.63) is 317 Å². The zero-order valence-electron chi connectivity index (χ0n) is 58.5. The Bertz CT molecular complexity index is 4450. The highest BCUT2D eigenvalue weighted by Crippen LogP contribution is 2.32. The van der Waals surface area contributed by atoms with Gasteiger partial charge in [0.25, 0.3) is 0 Å². The van der Waals surface area contributed by atoms with E-state index in [2.05, 4.69) is 304 Å². The van der Waals surface area contributed by atoms with Crippen LogP contribution in [0.15, 0.2) is 194 Å². The smallest absolute Gasteiger partial charge is 0.0273 e. The lowest BCUT2D eigenvalue weighted by molar-refractivity contribution is 0.567. The molecule has 0 saturated heterocycles. The van der Waals surface area contributed by atoms with Crippen LogP contribution in [0.5, 0.6) is 0 Å². The Morgan fingerprint density at radius 1 is 0.128 bits per heavy atom. The van der Waals surface area contributed by atoms with Gasteiger partial charge < -0.3 is 0 Å². The van der Waals surface area contributed by atoms with Gasteiger partial charge in [0.2, 0.25) is 0 Å². The van der Waals surface area contributed by atoms with Crippen molar-refractivity contribution in [1.82, 2.24) is 0 Å². The maximum atomic E-state index is 3.45. The molecule has 0 atom stereocenters. The van der Waals surface area contributed by atoms with Crippen LogP contribution in [0.25, 0.3) is 0 Å². The number of hydrogen-bond acceptors (Lipinski definition) is 0. The van der Waals surface area contributed by atoms with E-state index < -0.39 is 0 Å². The van der Waals surface area contributed by atoms with Crippen molar-refractivity contribution >= 4 is 0 Å². The molecule has 94 heavy (non-hydrogen) atoms. The maximum Gasteiger partial charge on any atom is 0.0273 e. The second kappa shape index (κ2) is 28.1. The minimum Gasteiger partial charge on any atom is -0.0617 e. The van der Waals surface area contributed by atoms with E-state index in [0.29, 0.717) is 0 Å². The van der Waals surface area contributed by atoms with Gasteiger partial charge in [0.15, 0.2) is 0 Å². The van der Waals surface area contributed by atoms with E-state index >= 15 is 0 Å². The van der Waals surface area contributed by atoms with Gasteiger partial charge in [-0.2, -0.15) is 0 Å². The fourth-order valence-corrected chi connectivity index (χ4v) is 9.99. The molecule has 0 saturated carbocycles. The third kappa shape index (κ3) is 19.7. The molecule has 0 aliphatic carbocycles. The first-order chi connectivity index (χ1) is 44.2. The van der Waals surface area contributed by atoms with Gasteiger partial charge in [-0.3, -0.25) is 0 Å². The highest BCUT2D eigenvalue weighted by Gasteiger charge is 2.22. The average molecular weight is 1220 g/mol. The van der Waals surface area contributed by atoms with Gasteiger partial charge in [0.05, 0.1) is 0 Å². The minimum atomic E-state index is 0.0191. The van der Waals surface area contributed by atoms with E-state index in [1.54, 1.807) is 0 Å².